The summed E-state index contributed by atoms with van der Waals surface area (Å²) in [6.45, 7) is 1.74. The van der Waals surface area contributed by atoms with Gasteiger partial charge in [0.25, 0.3) is 0 Å². The lowest BCUT2D eigenvalue weighted by Crippen LogP contribution is -2.68. The Hall–Kier alpha value is -1.25. The Morgan fingerprint density at radius 2 is 1.75 bits per heavy atom. The lowest BCUT2D eigenvalue weighted by atomic mass is 10.3. The summed E-state index contributed by atoms with van der Waals surface area (Å²) in [4.78, 5) is 9.75. The standard InChI is InChI=1S/C7H5F6NO2/c1-2-3-14-4(15)5(8,9)16-7(12,13)6(14,10)11/h2H,1,3H2. The SMILES string of the molecule is C=CCN1C(=O)C(F)(F)OC(F)(F)C1(F)F. The van der Waals surface area contributed by atoms with E-state index in [-0.39, 0.29) is 0 Å². The van der Waals surface area contributed by atoms with Gasteiger partial charge >= 0.3 is 24.2 Å². The maximum absolute atomic E-state index is 12.9. The Balaban J connectivity index is 3.20. The predicted molar refractivity (Wildman–Crippen MR) is 37.8 cm³/mol. The van der Waals surface area contributed by atoms with E-state index in [0.717, 1.165) is 0 Å². The van der Waals surface area contributed by atoms with Gasteiger partial charge in [0, 0.05) is 6.54 Å². The molecule has 1 saturated heterocycles. The highest BCUT2D eigenvalue weighted by Crippen LogP contribution is 2.47. The van der Waals surface area contributed by atoms with E-state index >= 15 is 0 Å². The van der Waals surface area contributed by atoms with Crippen molar-refractivity contribution in [3.63, 3.8) is 0 Å². The first-order valence-electron chi connectivity index (χ1n) is 3.83. The third kappa shape index (κ3) is 1.64. The molecule has 92 valence electrons. The lowest BCUT2D eigenvalue weighted by molar-refractivity contribution is -0.465. The zero-order valence-electron chi connectivity index (χ0n) is 7.52. The first kappa shape index (κ1) is 12.8. The van der Waals surface area contributed by atoms with E-state index in [1.165, 1.54) is 0 Å². The van der Waals surface area contributed by atoms with Gasteiger partial charge in [-0.05, 0) is 0 Å². The van der Waals surface area contributed by atoms with Crippen LogP contribution in [-0.2, 0) is 9.53 Å². The highest BCUT2D eigenvalue weighted by molar-refractivity contribution is 5.83. The van der Waals surface area contributed by atoms with Gasteiger partial charge < -0.3 is 0 Å². The number of nitrogens with zero attached hydrogens (tertiary/aromatic N) is 1. The molecular weight excluding hydrogens is 244 g/mol. The monoisotopic (exact) mass is 249 g/mol. The molecule has 1 aliphatic heterocycles. The molecule has 1 aliphatic rings. The third-order valence-corrected chi connectivity index (χ3v) is 1.75. The van der Waals surface area contributed by atoms with Gasteiger partial charge in [0.15, 0.2) is 0 Å². The zero-order chi connectivity index (χ0) is 12.8. The number of carbonyl (C=O) groups is 1. The minimum absolute atomic E-state index is 0.614. The van der Waals surface area contributed by atoms with Crippen LogP contribution in [0.25, 0.3) is 0 Å². The van der Waals surface area contributed by atoms with Gasteiger partial charge in [0.1, 0.15) is 0 Å². The van der Waals surface area contributed by atoms with E-state index in [9.17, 15) is 31.1 Å². The Bertz CT molecular complexity index is 329. The van der Waals surface area contributed by atoms with Gasteiger partial charge in [-0.3, -0.25) is 9.69 Å². The minimum atomic E-state index is -5.46. The van der Waals surface area contributed by atoms with Crippen molar-refractivity contribution in [1.29, 1.82) is 0 Å². The summed E-state index contributed by atoms with van der Waals surface area (Å²) in [6.07, 6.45) is -9.84. The molecule has 1 rings (SSSR count). The first-order chi connectivity index (χ1) is 7.06. The van der Waals surface area contributed by atoms with Gasteiger partial charge in [0.05, 0.1) is 0 Å². The smallest absolute Gasteiger partial charge is 0.265 e. The molecule has 9 heteroatoms. The van der Waals surface area contributed by atoms with Crippen molar-refractivity contribution in [3.05, 3.63) is 12.7 Å². The number of alkyl halides is 6. The van der Waals surface area contributed by atoms with Gasteiger partial charge in [-0.2, -0.15) is 26.3 Å². The molecule has 0 aliphatic carbocycles. The maximum atomic E-state index is 12.9. The van der Waals surface area contributed by atoms with Crippen LogP contribution >= 0.6 is 0 Å². The zero-order valence-corrected chi connectivity index (χ0v) is 7.52. The van der Waals surface area contributed by atoms with Crippen LogP contribution in [0.15, 0.2) is 12.7 Å². The number of rotatable bonds is 2. The molecule has 1 fully saturated rings. The van der Waals surface area contributed by atoms with E-state index in [4.69, 9.17) is 0 Å². The molecule has 1 heterocycles. The summed E-state index contributed by atoms with van der Waals surface area (Å²) in [5.41, 5.74) is 0. The number of amides is 1. The van der Waals surface area contributed by atoms with E-state index in [1.54, 1.807) is 0 Å². The molecule has 0 N–H and O–H groups in total. The normalized spacial score (nSPS) is 26.6. The van der Waals surface area contributed by atoms with E-state index in [0.29, 0.717) is 6.08 Å². The number of carbonyl (C=O) groups excluding carboxylic acids is 1. The summed E-state index contributed by atoms with van der Waals surface area (Å²) < 4.78 is 78.5. The van der Waals surface area contributed by atoms with Crippen LogP contribution in [0.2, 0.25) is 0 Å². The van der Waals surface area contributed by atoms with Crippen molar-refractivity contribution in [2.75, 3.05) is 6.54 Å². The van der Waals surface area contributed by atoms with Crippen molar-refractivity contribution >= 4 is 5.91 Å². The van der Waals surface area contributed by atoms with Gasteiger partial charge in [-0.1, -0.05) is 6.08 Å². The lowest BCUT2D eigenvalue weighted by Gasteiger charge is -2.41. The van der Waals surface area contributed by atoms with Crippen molar-refractivity contribution in [3.8, 4) is 0 Å². The fourth-order valence-corrected chi connectivity index (χ4v) is 1.03. The Labute approximate surface area is 85.3 Å². The molecule has 1 amide bonds. The van der Waals surface area contributed by atoms with Crippen LogP contribution in [0.3, 0.4) is 0 Å². The number of halogens is 6. The van der Waals surface area contributed by atoms with Gasteiger partial charge in [-0.25, -0.2) is 4.74 Å². The van der Waals surface area contributed by atoms with Crippen LogP contribution in [0, 0.1) is 0 Å². The molecular formula is C7H5F6NO2. The molecule has 0 aromatic rings. The number of hydrogen-bond donors (Lipinski definition) is 0. The number of morpholine rings is 1. The summed E-state index contributed by atoms with van der Waals surface area (Å²) >= 11 is 0. The van der Waals surface area contributed by atoms with Crippen LogP contribution in [0.4, 0.5) is 26.3 Å². The predicted octanol–water partition coefficient (Wildman–Crippen LogP) is 1.81. The van der Waals surface area contributed by atoms with Crippen LogP contribution in [0.5, 0.6) is 0 Å². The Morgan fingerprint density at radius 1 is 1.25 bits per heavy atom. The fourth-order valence-electron chi connectivity index (χ4n) is 1.03. The Morgan fingerprint density at radius 3 is 2.19 bits per heavy atom. The number of hydrogen-bond acceptors (Lipinski definition) is 2. The van der Waals surface area contributed by atoms with Crippen LogP contribution in [0.1, 0.15) is 0 Å². The Kier molecular flexibility index (Phi) is 2.70. The molecule has 0 aromatic heterocycles. The first-order valence-corrected chi connectivity index (χ1v) is 3.83. The average Bonchev–Trinajstić information content (AvgIpc) is 2.09. The molecule has 0 radical (unpaired) electrons. The van der Waals surface area contributed by atoms with E-state index in [2.05, 4.69) is 11.3 Å². The highest BCUT2D eigenvalue weighted by Gasteiger charge is 2.74. The summed E-state index contributed by atoms with van der Waals surface area (Å²) in [6, 6.07) is -5.15. The molecule has 16 heavy (non-hydrogen) atoms. The molecule has 0 aromatic carbocycles. The topological polar surface area (TPSA) is 29.5 Å². The van der Waals surface area contributed by atoms with Crippen LogP contribution < -0.4 is 0 Å². The second kappa shape index (κ2) is 3.37. The average molecular weight is 249 g/mol. The van der Waals surface area contributed by atoms with E-state index < -0.39 is 35.6 Å². The second-order valence-electron chi connectivity index (χ2n) is 2.88. The van der Waals surface area contributed by atoms with Crippen molar-refractivity contribution in [2.24, 2.45) is 0 Å². The minimum Gasteiger partial charge on any atom is -0.265 e. The van der Waals surface area contributed by atoms with Gasteiger partial charge in [0.2, 0.25) is 0 Å². The highest BCUT2D eigenvalue weighted by atomic mass is 19.3. The molecule has 0 unspecified atom stereocenters. The quantitative estimate of drug-likeness (QED) is 0.424. The molecule has 0 bridgehead atoms. The molecule has 0 spiro atoms. The molecule has 3 nitrogen and oxygen atoms in total. The molecule has 0 saturated carbocycles. The van der Waals surface area contributed by atoms with Crippen molar-refractivity contribution < 1.29 is 35.9 Å². The van der Waals surface area contributed by atoms with Crippen LogP contribution in [-0.4, -0.2) is 35.6 Å². The largest absolute Gasteiger partial charge is 0.445 e. The van der Waals surface area contributed by atoms with Crippen molar-refractivity contribution in [1.82, 2.24) is 4.90 Å². The summed E-state index contributed by atoms with van der Waals surface area (Å²) in [5.74, 6) is -2.54. The summed E-state index contributed by atoms with van der Waals surface area (Å²) in [5, 5.41) is 0. The maximum Gasteiger partial charge on any atom is 0.445 e. The summed E-state index contributed by atoms with van der Waals surface area (Å²) in [7, 11) is 0. The van der Waals surface area contributed by atoms with E-state index in [1.807, 2.05) is 0 Å². The third-order valence-electron chi connectivity index (χ3n) is 1.75. The fraction of sp³-hybridized carbons (Fsp3) is 0.571. The number of ether oxygens (including phenoxy) is 1. The van der Waals surface area contributed by atoms with Gasteiger partial charge in [-0.15, -0.1) is 6.58 Å². The molecule has 0 atom stereocenters. The second-order valence-corrected chi connectivity index (χ2v) is 2.88. The van der Waals surface area contributed by atoms with Crippen molar-refractivity contribution in [2.45, 2.75) is 18.3 Å².